The van der Waals surface area contributed by atoms with Crippen LogP contribution in [0.25, 0.3) is 5.52 Å². The largest absolute Gasteiger partial charge is 0.480 e. The van der Waals surface area contributed by atoms with E-state index in [-0.39, 0.29) is 23.1 Å². The highest BCUT2D eigenvalue weighted by Crippen LogP contribution is 2.51. The van der Waals surface area contributed by atoms with E-state index >= 15 is 0 Å². The number of nitrogen functional groups attached to an aromatic ring is 1. The van der Waals surface area contributed by atoms with Gasteiger partial charge in [-0.15, -0.1) is 0 Å². The zero-order valence-electron chi connectivity index (χ0n) is 24.4. The molecule has 4 N–H and O–H groups in total. The van der Waals surface area contributed by atoms with E-state index in [0.29, 0.717) is 0 Å². The van der Waals surface area contributed by atoms with Crippen molar-refractivity contribution in [1.29, 1.82) is 5.26 Å². The number of carbonyl (C=O) groups excluding carboxylic acids is 2. The zero-order valence-corrected chi connectivity index (χ0v) is 24.3. The molecule has 0 aliphatic carbocycles. The van der Waals surface area contributed by atoms with Gasteiger partial charge in [0.25, 0.3) is 0 Å². The second-order valence-corrected chi connectivity index (χ2v) is 12.8. The van der Waals surface area contributed by atoms with Gasteiger partial charge in [-0.1, -0.05) is 0 Å². The first-order valence-corrected chi connectivity index (χ1v) is 13.7. The number of ether oxygens (including phenoxy) is 3. The first kappa shape index (κ1) is 30.8. The lowest BCUT2D eigenvalue weighted by molar-refractivity contribution is -0.163. The summed E-state index contributed by atoms with van der Waals surface area (Å²) in [5.41, 5.74) is 1.65. The fourth-order valence-corrected chi connectivity index (χ4v) is 4.38. The van der Waals surface area contributed by atoms with Gasteiger partial charge in [-0.2, -0.15) is 10.4 Å². The van der Waals surface area contributed by atoms with E-state index in [1.165, 1.54) is 6.07 Å². The highest BCUT2D eigenvalue weighted by molar-refractivity contribution is 7.48. The molecule has 2 aromatic heterocycles. The van der Waals surface area contributed by atoms with Crippen LogP contribution in [-0.4, -0.2) is 75.3 Å². The van der Waals surface area contributed by atoms with Crippen molar-refractivity contribution in [2.24, 2.45) is 10.8 Å². The Bertz CT molecular complexity index is 1380. The molecule has 0 saturated carbocycles. The number of aliphatic hydroxyl groups excluding tert-OH is 2. The van der Waals surface area contributed by atoms with E-state index in [1.54, 1.807) is 41.5 Å². The summed E-state index contributed by atoms with van der Waals surface area (Å²) in [6.45, 7) is 6.96. The minimum absolute atomic E-state index is 0.0352. The Kier molecular flexibility index (Phi) is 9.00. The molecular formula is C24H34N5O11P. The average Bonchev–Trinajstić information content (AvgIpc) is 3.36. The van der Waals surface area contributed by atoms with E-state index in [4.69, 9.17) is 34.9 Å². The number of hydrogen-bond acceptors (Lipinski definition) is 15. The third kappa shape index (κ3) is 7.02. The molecule has 0 radical (unpaired) electrons. The second kappa shape index (κ2) is 12.0. The maximum Gasteiger partial charge on any atom is 0.480 e. The second-order valence-electron chi connectivity index (χ2n) is 11.1. The van der Waals surface area contributed by atoms with Crippen molar-refractivity contribution < 1.29 is 53.5 Å². The van der Waals surface area contributed by atoms with Crippen molar-refractivity contribution in [3.8, 4) is 6.07 Å². The highest BCUT2D eigenvalue weighted by atomic mass is 31.2. The quantitative estimate of drug-likeness (QED) is 0.199. The molecule has 3 rings (SSSR count). The minimum Gasteiger partial charge on any atom is -0.437 e. The van der Waals surface area contributed by atoms with Gasteiger partial charge in [0.15, 0.2) is 5.82 Å². The van der Waals surface area contributed by atoms with Crippen LogP contribution in [0.1, 0.15) is 48.6 Å². The number of aromatic nitrogens is 3. The van der Waals surface area contributed by atoms with Crippen LogP contribution in [0.4, 0.5) is 5.82 Å². The molecule has 1 fully saturated rings. The Labute approximate surface area is 237 Å². The molecule has 3 heterocycles. The molecule has 41 heavy (non-hydrogen) atoms. The number of phosphoric ester groups is 1. The summed E-state index contributed by atoms with van der Waals surface area (Å²) in [7, 11) is -4.68. The van der Waals surface area contributed by atoms with E-state index in [2.05, 4.69) is 10.1 Å². The number of aliphatic hydroxyl groups is 2. The van der Waals surface area contributed by atoms with E-state index in [9.17, 15) is 29.6 Å². The summed E-state index contributed by atoms with van der Waals surface area (Å²) in [5, 5.41) is 35.7. The van der Waals surface area contributed by atoms with Crippen LogP contribution in [-0.2, 0) is 47.5 Å². The molecule has 1 aliphatic rings. The monoisotopic (exact) mass is 600 g/mol. The minimum atomic E-state index is -4.68. The molecule has 1 aliphatic heterocycles. The van der Waals surface area contributed by atoms with Crippen LogP contribution in [0.3, 0.4) is 0 Å². The molecule has 2 aromatic rings. The third-order valence-corrected chi connectivity index (χ3v) is 7.13. The maximum atomic E-state index is 13.4. The number of carbonyl (C=O) groups is 2. The van der Waals surface area contributed by atoms with Gasteiger partial charge >= 0.3 is 19.8 Å². The normalized spacial score (nSPS) is 23.7. The SMILES string of the molecule is [2H]c1cc([C@]2(C#N)O[C@H](COP(=O)(OCOC(=O)C(C)(C)C)OCOC(=O)C(C)(C)C)[C@@H](O)[C@H]2O)n2ncnc(N)c12. The molecule has 0 spiro atoms. The molecule has 0 amide bonds. The summed E-state index contributed by atoms with van der Waals surface area (Å²) in [5.74, 6) is -1.46. The summed E-state index contributed by atoms with van der Waals surface area (Å²) in [6.07, 6.45) is -4.12. The summed E-state index contributed by atoms with van der Waals surface area (Å²) in [6, 6.07) is 2.80. The topological polar surface area (TPSA) is 227 Å². The van der Waals surface area contributed by atoms with Gasteiger partial charge < -0.3 is 30.2 Å². The predicted molar refractivity (Wildman–Crippen MR) is 138 cm³/mol. The summed E-state index contributed by atoms with van der Waals surface area (Å²) < 4.78 is 53.7. The fraction of sp³-hybridized carbons (Fsp3) is 0.625. The number of hydrogen-bond donors (Lipinski definition) is 3. The number of nitrogens with zero attached hydrogens (tertiary/aromatic N) is 4. The molecule has 0 unspecified atom stereocenters. The lowest BCUT2D eigenvalue weighted by Crippen LogP contribution is -2.41. The molecule has 16 nitrogen and oxygen atoms in total. The number of fused-ring (bicyclic) bond motifs is 1. The molecule has 0 bridgehead atoms. The Morgan fingerprint density at radius 1 is 1.17 bits per heavy atom. The van der Waals surface area contributed by atoms with Gasteiger partial charge in [0.05, 0.1) is 24.5 Å². The van der Waals surface area contributed by atoms with Gasteiger partial charge in [-0.3, -0.25) is 14.1 Å². The van der Waals surface area contributed by atoms with Crippen molar-refractivity contribution >= 4 is 31.1 Å². The Balaban J connectivity index is 1.80. The average molecular weight is 601 g/mol. The van der Waals surface area contributed by atoms with Crippen molar-refractivity contribution in [2.45, 2.75) is 65.5 Å². The Morgan fingerprint density at radius 2 is 1.73 bits per heavy atom. The van der Waals surface area contributed by atoms with Crippen molar-refractivity contribution in [3.63, 3.8) is 0 Å². The number of esters is 2. The van der Waals surface area contributed by atoms with E-state index in [1.807, 2.05) is 6.07 Å². The molecule has 17 heteroatoms. The molecule has 4 atom stereocenters. The van der Waals surface area contributed by atoms with Crippen molar-refractivity contribution in [2.75, 3.05) is 25.9 Å². The number of nitrogens with two attached hydrogens (primary N) is 1. The molecule has 226 valence electrons. The molecular weight excluding hydrogens is 565 g/mol. The van der Waals surface area contributed by atoms with Gasteiger partial charge in [0, 0.05) is 0 Å². The van der Waals surface area contributed by atoms with Gasteiger partial charge in [0.2, 0.25) is 19.2 Å². The van der Waals surface area contributed by atoms with Gasteiger partial charge in [0.1, 0.15) is 36.2 Å². The van der Waals surface area contributed by atoms with E-state index < -0.39 is 74.7 Å². The summed E-state index contributed by atoms with van der Waals surface area (Å²) in [4.78, 5) is 28.0. The van der Waals surface area contributed by atoms with Crippen molar-refractivity contribution in [1.82, 2.24) is 14.6 Å². The van der Waals surface area contributed by atoms with Crippen LogP contribution in [0.5, 0.6) is 0 Å². The zero-order chi connectivity index (χ0) is 31.7. The lowest BCUT2D eigenvalue weighted by Gasteiger charge is -2.24. The number of nitriles is 1. The number of phosphoric acid groups is 1. The Morgan fingerprint density at radius 3 is 2.24 bits per heavy atom. The Hall–Kier alpha value is -3.16. The number of anilines is 1. The summed E-state index contributed by atoms with van der Waals surface area (Å²) >= 11 is 0. The fourth-order valence-electron chi connectivity index (χ4n) is 3.46. The van der Waals surface area contributed by atoms with Crippen LogP contribution >= 0.6 is 7.82 Å². The first-order chi connectivity index (χ1) is 19.4. The van der Waals surface area contributed by atoms with Crippen molar-refractivity contribution in [3.05, 3.63) is 24.1 Å². The highest BCUT2D eigenvalue weighted by Gasteiger charge is 2.58. The number of rotatable bonds is 10. The van der Waals surface area contributed by atoms with E-state index in [0.717, 1.165) is 10.8 Å². The predicted octanol–water partition coefficient (Wildman–Crippen LogP) is 1.40. The van der Waals surface area contributed by atoms with Crippen LogP contribution in [0, 0.1) is 22.2 Å². The van der Waals surface area contributed by atoms with Gasteiger partial charge in [-0.05, 0) is 53.7 Å². The third-order valence-electron chi connectivity index (χ3n) is 5.82. The lowest BCUT2D eigenvalue weighted by atomic mass is 9.92. The first-order valence-electron chi connectivity index (χ1n) is 12.8. The van der Waals surface area contributed by atoms with Gasteiger partial charge in [-0.25, -0.2) is 23.1 Å². The molecule has 1 saturated heterocycles. The molecule has 0 aromatic carbocycles. The maximum absolute atomic E-state index is 13.4. The van der Waals surface area contributed by atoms with Crippen LogP contribution in [0.2, 0.25) is 0 Å². The standard InChI is InChI=1S/C24H34N5O11P/c1-22(2,3)20(32)35-12-38-41(34,39-13-36-21(33)23(4,5)6)37-9-15-17(30)18(31)24(10-25,40-15)16-8-7-14-19(26)27-11-28-29(14)16/h7-8,11,15,17-18,30-31H,9,12-13H2,1-6H3,(H2,26,27,28)/t15-,17-,18-,24+/m1/s1/i7D. The van der Waals surface area contributed by atoms with Crippen LogP contribution in [0.15, 0.2) is 18.4 Å². The smallest absolute Gasteiger partial charge is 0.437 e. The van der Waals surface area contributed by atoms with Crippen LogP contribution < -0.4 is 5.73 Å².